The molecule has 0 heterocycles. The predicted octanol–water partition coefficient (Wildman–Crippen LogP) is 4.59. The summed E-state index contributed by atoms with van der Waals surface area (Å²) in [7, 11) is 0. The van der Waals surface area contributed by atoms with Gasteiger partial charge in [-0.3, -0.25) is 0 Å². The molecule has 110 valence electrons. The Morgan fingerprint density at radius 3 is 1.58 bits per heavy atom. The van der Waals surface area contributed by atoms with Gasteiger partial charge in [0.15, 0.2) is 0 Å². The summed E-state index contributed by atoms with van der Waals surface area (Å²) in [6.45, 7) is 13.2. The molecule has 0 saturated carbocycles. The van der Waals surface area contributed by atoms with E-state index >= 15 is 0 Å². The zero-order valence-corrected chi connectivity index (χ0v) is 19.3. The van der Waals surface area contributed by atoms with Crippen molar-refractivity contribution in [2.75, 3.05) is 0 Å². The summed E-state index contributed by atoms with van der Waals surface area (Å²) in [5, 5.41) is 0. The second-order valence-electron chi connectivity index (χ2n) is 5.22. The van der Waals surface area contributed by atoms with Crippen molar-refractivity contribution >= 4 is 43.1 Å². The number of carbonyl (C=O) groups excluding carboxylic acids is 1. The number of hydrogen-bond acceptors (Lipinski definition) is 2. The SMILES string of the molecule is C[CH2][Sn]([C]#CC(=O)[O][Sn]([CH2]C)([CH2]C)[CH2]C)([CH2]C)[CH2]C. The summed E-state index contributed by atoms with van der Waals surface area (Å²) in [6, 6.07) is 0. The summed E-state index contributed by atoms with van der Waals surface area (Å²) in [4.78, 5) is 12.0. The van der Waals surface area contributed by atoms with E-state index in [1.165, 1.54) is 13.3 Å². The third-order valence-corrected chi connectivity index (χ3v) is 31.0. The van der Waals surface area contributed by atoms with E-state index in [4.69, 9.17) is 3.07 Å². The van der Waals surface area contributed by atoms with E-state index in [0.29, 0.717) is 0 Å². The molecule has 0 aromatic heterocycles. The van der Waals surface area contributed by atoms with Gasteiger partial charge in [0.1, 0.15) is 0 Å². The van der Waals surface area contributed by atoms with Crippen LogP contribution >= 0.6 is 0 Å². The molecule has 0 unspecified atom stereocenters. The van der Waals surface area contributed by atoms with Gasteiger partial charge in [-0.25, -0.2) is 0 Å². The molecule has 0 saturated heterocycles. The molecule has 0 aliphatic heterocycles. The van der Waals surface area contributed by atoms with Crippen LogP contribution in [0.2, 0.25) is 26.6 Å². The van der Waals surface area contributed by atoms with Crippen LogP contribution in [0.15, 0.2) is 0 Å². The summed E-state index contributed by atoms with van der Waals surface area (Å²) in [5.41, 5.74) is 0. The van der Waals surface area contributed by atoms with Gasteiger partial charge in [0, 0.05) is 0 Å². The first-order valence-corrected chi connectivity index (χ1v) is 22.4. The molecule has 19 heavy (non-hydrogen) atoms. The molecule has 0 amide bonds. The van der Waals surface area contributed by atoms with Gasteiger partial charge in [0.2, 0.25) is 0 Å². The van der Waals surface area contributed by atoms with Crippen molar-refractivity contribution < 1.29 is 7.87 Å². The van der Waals surface area contributed by atoms with Crippen LogP contribution in [0, 0.1) is 9.86 Å². The van der Waals surface area contributed by atoms with Crippen LogP contribution in [0.3, 0.4) is 0 Å². The van der Waals surface area contributed by atoms with E-state index in [-0.39, 0.29) is 5.97 Å². The number of hydrogen-bond donors (Lipinski definition) is 0. The molecule has 0 aliphatic rings. The minimum absolute atomic E-state index is 0.224. The van der Waals surface area contributed by atoms with Crippen LogP contribution in [0.25, 0.3) is 0 Å². The molecule has 0 aromatic carbocycles. The Morgan fingerprint density at radius 2 is 1.26 bits per heavy atom. The number of rotatable bonds is 7. The third kappa shape index (κ3) is 5.87. The van der Waals surface area contributed by atoms with Crippen molar-refractivity contribution in [2.45, 2.75) is 68.2 Å². The van der Waals surface area contributed by atoms with E-state index in [1.54, 1.807) is 0 Å². The Morgan fingerprint density at radius 1 is 0.842 bits per heavy atom. The maximum absolute atomic E-state index is 12.0. The van der Waals surface area contributed by atoms with Crippen molar-refractivity contribution in [3.63, 3.8) is 0 Å². The van der Waals surface area contributed by atoms with Crippen molar-refractivity contribution in [2.24, 2.45) is 0 Å². The fourth-order valence-corrected chi connectivity index (χ4v) is 16.0. The second-order valence-corrected chi connectivity index (χ2v) is 32.7. The molecule has 0 spiro atoms. The second kappa shape index (κ2) is 9.54. The van der Waals surface area contributed by atoms with E-state index < -0.39 is 37.2 Å². The molecule has 0 aliphatic carbocycles. The van der Waals surface area contributed by atoms with Crippen LogP contribution < -0.4 is 0 Å². The van der Waals surface area contributed by atoms with Crippen molar-refractivity contribution in [3.8, 4) is 9.86 Å². The fraction of sp³-hybridized carbons (Fsp3) is 0.800. The summed E-state index contributed by atoms with van der Waals surface area (Å²) in [5.74, 6) is 2.64. The predicted molar refractivity (Wildman–Crippen MR) is 88.3 cm³/mol. The molecule has 4 heteroatoms. The van der Waals surface area contributed by atoms with E-state index in [9.17, 15) is 4.79 Å². The van der Waals surface area contributed by atoms with E-state index in [0.717, 1.165) is 13.3 Å². The van der Waals surface area contributed by atoms with Gasteiger partial charge in [-0.2, -0.15) is 0 Å². The first kappa shape index (κ1) is 19.6. The quantitative estimate of drug-likeness (QED) is 0.394. The summed E-state index contributed by atoms with van der Waals surface area (Å²) >= 11 is -4.92. The van der Waals surface area contributed by atoms with Crippen LogP contribution in [0.5, 0.6) is 0 Å². The molecule has 0 rings (SSSR count). The van der Waals surface area contributed by atoms with Gasteiger partial charge in [-0.15, -0.1) is 0 Å². The third-order valence-electron chi connectivity index (χ3n) is 4.70. The van der Waals surface area contributed by atoms with Gasteiger partial charge < -0.3 is 0 Å². The molecule has 0 aromatic rings. The Hall–Kier alpha value is 0.627. The van der Waals surface area contributed by atoms with Crippen LogP contribution in [0.1, 0.15) is 41.5 Å². The van der Waals surface area contributed by atoms with E-state index in [2.05, 4.69) is 51.4 Å². The molecular weight excluding hydrogens is 450 g/mol. The van der Waals surface area contributed by atoms with E-state index in [1.807, 2.05) is 0 Å². The number of carbonyl (C=O) groups is 1. The molecule has 0 bridgehead atoms. The Labute approximate surface area is 128 Å². The fourth-order valence-electron chi connectivity index (χ4n) is 2.39. The van der Waals surface area contributed by atoms with Crippen molar-refractivity contribution in [1.29, 1.82) is 0 Å². The molecule has 0 atom stereocenters. The van der Waals surface area contributed by atoms with Gasteiger partial charge in [-0.05, 0) is 0 Å². The monoisotopic (exact) mass is 482 g/mol. The van der Waals surface area contributed by atoms with Gasteiger partial charge in [0.25, 0.3) is 0 Å². The minimum atomic E-state index is -2.62. The average molecular weight is 480 g/mol. The summed E-state index contributed by atoms with van der Waals surface area (Å²) in [6.07, 6.45) is 0. The molecule has 0 radical (unpaired) electrons. The first-order chi connectivity index (χ1) is 8.96. The van der Waals surface area contributed by atoms with Crippen molar-refractivity contribution in [3.05, 3.63) is 0 Å². The van der Waals surface area contributed by atoms with Crippen molar-refractivity contribution in [1.82, 2.24) is 0 Å². The standard InChI is InChI=1S/C3HO2.6C2H5.2Sn/c1-2-3(4)5;6*1-2;;/h(H,4,5);6*1H2,2H3;;/q;;;;;;;;+1/p-1. The average Bonchev–Trinajstić information content (AvgIpc) is 2.47. The molecule has 0 fully saturated rings. The molecular formula is C15H30O2Sn2. The Balaban J connectivity index is 4.89. The Kier molecular flexibility index (Phi) is 9.86. The molecule has 2 nitrogen and oxygen atoms in total. The normalized spacial score (nSPS) is 11.7. The van der Waals surface area contributed by atoms with Gasteiger partial charge >= 0.3 is 129 Å². The van der Waals surface area contributed by atoms with Crippen LogP contribution in [0.4, 0.5) is 0 Å². The molecule has 0 N–H and O–H groups in total. The maximum atomic E-state index is 12.0. The topological polar surface area (TPSA) is 26.3 Å². The van der Waals surface area contributed by atoms with Gasteiger partial charge in [0.05, 0.1) is 0 Å². The Bertz CT molecular complexity index is 317. The van der Waals surface area contributed by atoms with Crippen LogP contribution in [-0.2, 0) is 7.87 Å². The van der Waals surface area contributed by atoms with Crippen LogP contribution in [-0.4, -0.2) is 43.1 Å². The summed E-state index contributed by atoms with van der Waals surface area (Å²) < 4.78 is 16.0. The zero-order valence-electron chi connectivity index (χ0n) is 13.6. The van der Waals surface area contributed by atoms with Gasteiger partial charge in [-0.1, -0.05) is 0 Å². The first-order valence-electron chi connectivity index (χ1n) is 7.73. The zero-order chi connectivity index (χ0) is 14.9.